The van der Waals surface area contributed by atoms with E-state index in [-0.39, 0.29) is 0 Å². The van der Waals surface area contributed by atoms with Gasteiger partial charge in [-0.2, -0.15) is 10.2 Å². The van der Waals surface area contributed by atoms with Crippen LogP contribution in [0.1, 0.15) is 11.4 Å². The summed E-state index contributed by atoms with van der Waals surface area (Å²) in [6.07, 6.45) is 1.61. The molecule has 1 N–H and O–H groups in total. The lowest BCUT2D eigenvalue weighted by molar-refractivity contribution is 0.424. The number of nitrogens with one attached hydrogen (secondary N) is 1. The molecule has 0 spiro atoms. The second-order valence-corrected chi connectivity index (χ2v) is 5.08. The van der Waals surface area contributed by atoms with E-state index in [1.807, 2.05) is 36.4 Å². The Bertz CT molecular complexity index is 742. The molecule has 2 heterocycles. The molecule has 0 aliphatic carbocycles. The fraction of sp³-hybridized carbons (Fsp3) is 0.0714. The van der Waals surface area contributed by atoms with Gasteiger partial charge in [0.05, 0.1) is 11.3 Å². The van der Waals surface area contributed by atoms with Crippen LogP contribution in [0.25, 0.3) is 11.6 Å². The summed E-state index contributed by atoms with van der Waals surface area (Å²) in [6.45, 7) is 0. The molecule has 0 aliphatic rings. The van der Waals surface area contributed by atoms with Crippen LogP contribution in [0, 0.1) is 11.3 Å². The van der Waals surface area contributed by atoms with E-state index in [1.165, 1.54) is 0 Å². The van der Waals surface area contributed by atoms with Gasteiger partial charge in [-0.15, -0.1) is 11.8 Å². The molecule has 0 fully saturated rings. The molecular weight excluding hydrogens is 272 g/mol. The van der Waals surface area contributed by atoms with Crippen LogP contribution in [0.5, 0.6) is 0 Å². The average molecular weight is 282 g/mol. The van der Waals surface area contributed by atoms with Crippen molar-refractivity contribution >= 4 is 11.8 Å². The number of aromatic amines is 1. The second kappa shape index (κ2) is 5.63. The number of benzene rings is 1. The van der Waals surface area contributed by atoms with Crippen molar-refractivity contribution in [1.29, 1.82) is 5.26 Å². The fourth-order valence-corrected chi connectivity index (χ4v) is 2.43. The smallest absolute Gasteiger partial charge is 0.274 e. The average Bonchev–Trinajstić information content (AvgIpc) is 3.15. The van der Waals surface area contributed by atoms with Crippen LogP contribution in [0.3, 0.4) is 0 Å². The van der Waals surface area contributed by atoms with Crippen LogP contribution in [0.15, 0.2) is 52.0 Å². The van der Waals surface area contributed by atoms with Gasteiger partial charge in [-0.3, -0.25) is 0 Å². The summed E-state index contributed by atoms with van der Waals surface area (Å²) in [4.78, 5) is 8.40. The summed E-state index contributed by atoms with van der Waals surface area (Å²) in [5, 5.41) is 12.7. The number of nitrogens with zero attached hydrogens (tertiary/aromatic N) is 3. The molecule has 0 bridgehead atoms. The molecule has 3 rings (SSSR count). The standard InChI is InChI=1S/C14H10N4OS/c15-7-10-6-12(16-8-10)14-17-13(18-19-14)9-20-11-4-2-1-3-5-11/h1-6,8,16H,9H2. The van der Waals surface area contributed by atoms with Gasteiger partial charge in [0, 0.05) is 11.1 Å². The van der Waals surface area contributed by atoms with E-state index in [0.29, 0.717) is 28.7 Å². The number of nitriles is 1. The zero-order chi connectivity index (χ0) is 13.8. The van der Waals surface area contributed by atoms with Crippen LogP contribution in [0.4, 0.5) is 0 Å². The first-order valence-electron chi connectivity index (χ1n) is 5.94. The van der Waals surface area contributed by atoms with Gasteiger partial charge in [-0.25, -0.2) is 0 Å². The van der Waals surface area contributed by atoms with E-state index in [9.17, 15) is 0 Å². The molecule has 5 nitrogen and oxygen atoms in total. The highest BCUT2D eigenvalue weighted by molar-refractivity contribution is 7.98. The zero-order valence-corrected chi connectivity index (χ0v) is 11.2. The minimum atomic E-state index is 0.398. The van der Waals surface area contributed by atoms with Crippen molar-refractivity contribution in [3.05, 3.63) is 54.0 Å². The molecule has 20 heavy (non-hydrogen) atoms. The Morgan fingerprint density at radius 3 is 2.90 bits per heavy atom. The molecule has 98 valence electrons. The van der Waals surface area contributed by atoms with Crippen LogP contribution in [-0.4, -0.2) is 15.1 Å². The highest BCUT2D eigenvalue weighted by Gasteiger charge is 2.11. The van der Waals surface area contributed by atoms with E-state index in [4.69, 9.17) is 9.78 Å². The number of hydrogen-bond acceptors (Lipinski definition) is 5. The van der Waals surface area contributed by atoms with Crippen molar-refractivity contribution in [2.75, 3.05) is 0 Å². The number of hydrogen-bond donors (Lipinski definition) is 1. The summed E-state index contributed by atoms with van der Waals surface area (Å²) in [6, 6.07) is 13.8. The SMILES string of the molecule is N#Cc1c[nH]c(-c2nc(CSc3ccccc3)no2)c1. The second-order valence-electron chi connectivity index (χ2n) is 4.03. The van der Waals surface area contributed by atoms with E-state index in [2.05, 4.69) is 15.1 Å². The maximum Gasteiger partial charge on any atom is 0.274 e. The molecule has 3 aromatic rings. The maximum absolute atomic E-state index is 8.77. The van der Waals surface area contributed by atoms with E-state index >= 15 is 0 Å². The van der Waals surface area contributed by atoms with Gasteiger partial charge in [-0.1, -0.05) is 23.4 Å². The molecule has 0 atom stereocenters. The van der Waals surface area contributed by atoms with Gasteiger partial charge >= 0.3 is 0 Å². The number of thioether (sulfide) groups is 1. The third-order valence-electron chi connectivity index (χ3n) is 2.62. The summed E-state index contributed by atoms with van der Waals surface area (Å²) < 4.78 is 5.18. The molecule has 0 unspecified atom stereocenters. The highest BCUT2D eigenvalue weighted by Crippen LogP contribution is 2.23. The molecule has 0 amide bonds. The molecule has 0 saturated carbocycles. The van der Waals surface area contributed by atoms with Crippen molar-refractivity contribution < 1.29 is 4.52 Å². The predicted octanol–water partition coefficient (Wildman–Crippen LogP) is 3.23. The first-order valence-corrected chi connectivity index (χ1v) is 6.93. The topological polar surface area (TPSA) is 78.5 Å². The summed E-state index contributed by atoms with van der Waals surface area (Å²) in [5.41, 5.74) is 1.20. The number of H-pyrrole nitrogens is 1. The minimum absolute atomic E-state index is 0.398. The normalized spacial score (nSPS) is 10.3. The minimum Gasteiger partial charge on any atom is -0.356 e. The van der Waals surface area contributed by atoms with Gasteiger partial charge in [0.1, 0.15) is 11.8 Å². The van der Waals surface area contributed by atoms with Gasteiger partial charge in [-0.05, 0) is 18.2 Å². The highest BCUT2D eigenvalue weighted by atomic mass is 32.2. The van der Waals surface area contributed by atoms with Crippen molar-refractivity contribution in [2.45, 2.75) is 10.6 Å². The third kappa shape index (κ3) is 2.73. The van der Waals surface area contributed by atoms with Crippen LogP contribution < -0.4 is 0 Å². The predicted molar refractivity (Wildman–Crippen MR) is 74.8 cm³/mol. The lowest BCUT2D eigenvalue weighted by Gasteiger charge is -1.96. The van der Waals surface area contributed by atoms with Crippen molar-refractivity contribution in [3.63, 3.8) is 0 Å². The Morgan fingerprint density at radius 2 is 2.15 bits per heavy atom. The third-order valence-corrected chi connectivity index (χ3v) is 3.63. The van der Waals surface area contributed by atoms with Gasteiger partial charge in [0.15, 0.2) is 5.82 Å². The summed E-state index contributed by atoms with van der Waals surface area (Å²) >= 11 is 1.64. The maximum atomic E-state index is 8.77. The molecule has 2 aromatic heterocycles. The zero-order valence-electron chi connectivity index (χ0n) is 10.4. The van der Waals surface area contributed by atoms with Gasteiger partial charge in [0.25, 0.3) is 5.89 Å². The monoisotopic (exact) mass is 282 g/mol. The Balaban J connectivity index is 1.69. The lowest BCUT2D eigenvalue weighted by Crippen LogP contribution is -1.84. The van der Waals surface area contributed by atoms with E-state index in [0.717, 1.165) is 4.90 Å². The molecule has 0 saturated heterocycles. The molecule has 6 heteroatoms. The molecule has 1 aromatic carbocycles. The Labute approximate surface area is 119 Å². The van der Waals surface area contributed by atoms with Crippen molar-refractivity contribution in [1.82, 2.24) is 15.1 Å². The first-order chi connectivity index (χ1) is 9.85. The van der Waals surface area contributed by atoms with Crippen LogP contribution >= 0.6 is 11.8 Å². The van der Waals surface area contributed by atoms with E-state index in [1.54, 1.807) is 24.0 Å². The van der Waals surface area contributed by atoms with Crippen LogP contribution in [0.2, 0.25) is 0 Å². The molecular formula is C14H10N4OS. The van der Waals surface area contributed by atoms with Gasteiger partial charge in [0.2, 0.25) is 0 Å². The van der Waals surface area contributed by atoms with Crippen molar-refractivity contribution in [2.24, 2.45) is 0 Å². The van der Waals surface area contributed by atoms with Crippen molar-refractivity contribution in [3.8, 4) is 17.7 Å². The fourth-order valence-electron chi connectivity index (χ4n) is 1.67. The Morgan fingerprint density at radius 1 is 1.30 bits per heavy atom. The summed E-state index contributed by atoms with van der Waals surface area (Å²) in [5.74, 6) is 1.66. The lowest BCUT2D eigenvalue weighted by atomic mass is 10.3. The van der Waals surface area contributed by atoms with Crippen LogP contribution in [-0.2, 0) is 5.75 Å². The quantitative estimate of drug-likeness (QED) is 0.743. The number of aromatic nitrogens is 3. The van der Waals surface area contributed by atoms with E-state index < -0.39 is 0 Å². The Hall–Kier alpha value is -2.52. The molecule has 0 aliphatic heterocycles. The summed E-state index contributed by atoms with van der Waals surface area (Å²) in [7, 11) is 0. The molecule has 0 radical (unpaired) electrons. The Kier molecular flexibility index (Phi) is 3.52. The van der Waals surface area contributed by atoms with Gasteiger partial charge < -0.3 is 9.51 Å². The largest absolute Gasteiger partial charge is 0.356 e. The first kappa shape index (κ1) is 12.5. The number of rotatable bonds is 4.